The van der Waals surface area contributed by atoms with Gasteiger partial charge in [-0.15, -0.1) is 0 Å². The highest BCUT2D eigenvalue weighted by molar-refractivity contribution is 5.42. The number of rotatable bonds is 6. The number of hydrogen-bond donors (Lipinski definition) is 1. The third-order valence-corrected chi connectivity index (χ3v) is 3.37. The fourth-order valence-corrected chi connectivity index (χ4v) is 2.23. The number of hydrogen-bond acceptors (Lipinski definition) is 3. The SMILES string of the molecule is COc1ccc(C#N)cc1Cn1cccc1CNC(C)C. The second-order valence-electron chi connectivity index (χ2n) is 5.30. The van der Waals surface area contributed by atoms with Crippen molar-refractivity contribution in [1.29, 1.82) is 5.26 Å². The van der Waals surface area contributed by atoms with E-state index in [-0.39, 0.29) is 0 Å². The summed E-state index contributed by atoms with van der Waals surface area (Å²) in [7, 11) is 1.65. The van der Waals surface area contributed by atoms with E-state index < -0.39 is 0 Å². The minimum Gasteiger partial charge on any atom is -0.496 e. The van der Waals surface area contributed by atoms with E-state index >= 15 is 0 Å². The fraction of sp³-hybridized carbons (Fsp3) is 0.353. The van der Waals surface area contributed by atoms with Crippen LogP contribution in [0.5, 0.6) is 5.75 Å². The van der Waals surface area contributed by atoms with Gasteiger partial charge in [-0.1, -0.05) is 13.8 Å². The normalized spacial score (nSPS) is 10.6. The van der Waals surface area contributed by atoms with Gasteiger partial charge >= 0.3 is 0 Å². The lowest BCUT2D eigenvalue weighted by Gasteiger charge is -2.14. The highest BCUT2D eigenvalue weighted by Crippen LogP contribution is 2.21. The third kappa shape index (κ3) is 3.87. The Bertz CT molecular complexity index is 638. The van der Waals surface area contributed by atoms with Crippen molar-refractivity contribution in [3.05, 3.63) is 53.3 Å². The summed E-state index contributed by atoms with van der Waals surface area (Å²) in [5, 5.41) is 12.5. The quantitative estimate of drug-likeness (QED) is 0.887. The highest BCUT2D eigenvalue weighted by atomic mass is 16.5. The van der Waals surface area contributed by atoms with Crippen molar-refractivity contribution in [1.82, 2.24) is 9.88 Å². The lowest BCUT2D eigenvalue weighted by molar-refractivity contribution is 0.408. The van der Waals surface area contributed by atoms with Crippen molar-refractivity contribution < 1.29 is 4.74 Å². The zero-order chi connectivity index (χ0) is 15.2. The van der Waals surface area contributed by atoms with Gasteiger partial charge in [0, 0.05) is 30.0 Å². The molecule has 0 aliphatic rings. The van der Waals surface area contributed by atoms with E-state index in [1.807, 2.05) is 18.2 Å². The van der Waals surface area contributed by atoms with E-state index in [0.29, 0.717) is 18.2 Å². The molecule has 0 saturated carbocycles. The van der Waals surface area contributed by atoms with Crippen LogP contribution in [0.25, 0.3) is 0 Å². The average molecular weight is 283 g/mol. The van der Waals surface area contributed by atoms with Crippen LogP contribution in [0.15, 0.2) is 36.5 Å². The molecule has 0 aliphatic carbocycles. The molecule has 0 spiro atoms. The maximum absolute atomic E-state index is 9.04. The van der Waals surface area contributed by atoms with Crippen LogP contribution in [-0.4, -0.2) is 17.7 Å². The molecule has 0 bridgehead atoms. The summed E-state index contributed by atoms with van der Waals surface area (Å²) in [6.45, 7) is 5.78. The monoisotopic (exact) mass is 283 g/mol. The molecule has 1 heterocycles. The minimum absolute atomic E-state index is 0.449. The fourth-order valence-electron chi connectivity index (χ4n) is 2.23. The average Bonchev–Trinajstić information content (AvgIpc) is 2.92. The van der Waals surface area contributed by atoms with Crippen LogP contribution in [0.4, 0.5) is 0 Å². The minimum atomic E-state index is 0.449. The van der Waals surface area contributed by atoms with E-state index in [1.54, 1.807) is 13.2 Å². The van der Waals surface area contributed by atoms with E-state index in [2.05, 4.69) is 42.1 Å². The predicted octanol–water partition coefficient (Wildman–Crippen LogP) is 2.91. The molecule has 21 heavy (non-hydrogen) atoms. The van der Waals surface area contributed by atoms with Crippen LogP contribution >= 0.6 is 0 Å². The molecule has 0 unspecified atom stereocenters. The van der Waals surface area contributed by atoms with E-state index in [1.165, 1.54) is 5.69 Å². The zero-order valence-corrected chi connectivity index (χ0v) is 12.8. The molecule has 1 N–H and O–H groups in total. The number of methoxy groups -OCH3 is 1. The smallest absolute Gasteiger partial charge is 0.123 e. The maximum Gasteiger partial charge on any atom is 0.123 e. The lowest BCUT2D eigenvalue weighted by atomic mass is 10.1. The molecule has 0 amide bonds. The molecule has 110 valence electrons. The Balaban J connectivity index is 2.22. The van der Waals surface area contributed by atoms with E-state index in [0.717, 1.165) is 17.9 Å². The van der Waals surface area contributed by atoms with Gasteiger partial charge in [0.25, 0.3) is 0 Å². The van der Waals surface area contributed by atoms with Crippen molar-refractivity contribution in [2.45, 2.75) is 33.0 Å². The van der Waals surface area contributed by atoms with Gasteiger partial charge in [0.1, 0.15) is 5.75 Å². The van der Waals surface area contributed by atoms with Gasteiger partial charge in [-0.25, -0.2) is 0 Å². The summed E-state index contributed by atoms with van der Waals surface area (Å²) < 4.78 is 7.57. The predicted molar refractivity (Wildman–Crippen MR) is 83.2 cm³/mol. The Kier molecular flexibility index (Phi) is 5.02. The second-order valence-corrected chi connectivity index (χ2v) is 5.30. The van der Waals surface area contributed by atoms with Gasteiger partial charge in [0.2, 0.25) is 0 Å². The van der Waals surface area contributed by atoms with Gasteiger partial charge in [-0.05, 0) is 30.3 Å². The maximum atomic E-state index is 9.04. The molecule has 0 radical (unpaired) electrons. The number of nitrogens with zero attached hydrogens (tertiary/aromatic N) is 2. The summed E-state index contributed by atoms with van der Waals surface area (Å²) in [5.74, 6) is 0.811. The standard InChI is InChI=1S/C17H21N3O/c1-13(2)19-11-16-5-4-8-20(16)12-15-9-14(10-18)6-7-17(15)21-3/h4-9,13,19H,11-12H2,1-3H3. The van der Waals surface area contributed by atoms with E-state index in [4.69, 9.17) is 10.00 Å². The van der Waals surface area contributed by atoms with Crippen molar-refractivity contribution in [3.8, 4) is 11.8 Å². The zero-order valence-electron chi connectivity index (χ0n) is 12.8. The molecule has 4 nitrogen and oxygen atoms in total. The van der Waals surface area contributed by atoms with Crippen molar-refractivity contribution in [2.75, 3.05) is 7.11 Å². The molecular weight excluding hydrogens is 262 g/mol. The molecule has 1 aromatic heterocycles. The topological polar surface area (TPSA) is 50.0 Å². The van der Waals surface area contributed by atoms with Gasteiger partial charge in [0.15, 0.2) is 0 Å². The molecule has 2 aromatic rings. The van der Waals surface area contributed by atoms with Gasteiger partial charge < -0.3 is 14.6 Å². The third-order valence-electron chi connectivity index (χ3n) is 3.37. The molecule has 0 fully saturated rings. The van der Waals surface area contributed by atoms with Crippen LogP contribution < -0.4 is 10.1 Å². The summed E-state index contributed by atoms with van der Waals surface area (Å²) in [4.78, 5) is 0. The summed E-state index contributed by atoms with van der Waals surface area (Å²) in [5.41, 5.74) is 2.88. The van der Waals surface area contributed by atoms with Crippen LogP contribution in [0, 0.1) is 11.3 Å². The number of benzene rings is 1. The Hall–Kier alpha value is -2.25. The second kappa shape index (κ2) is 6.96. The first kappa shape index (κ1) is 15.1. The number of ether oxygens (including phenoxy) is 1. The van der Waals surface area contributed by atoms with Gasteiger partial charge in [0.05, 0.1) is 25.3 Å². The number of aromatic nitrogens is 1. The summed E-state index contributed by atoms with van der Waals surface area (Å²) in [6, 6.07) is 12.3. The molecule has 2 rings (SSSR count). The number of nitrogens with one attached hydrogen (secondary N) is 1. The highest BCUT2D eigenvalue weighted by Gasteiger charge is 2.08. The molecular formula is C17H21N3O. The van der Waals surface area contributed by atoms with Crippen molar-refractivity contribution >= 4 is 0 Å². The molecule has 4 heteroatoms. The molecule has 0 saturated heterocycles. The lowest BCUT2D eigenvalue weighted by Crippen LogP contribution is -2.23. The first-order chi connectivity index (χ1) is 10.1. The Labute approximate surface area is 126 Å². The van der Waals surface area contributed by atoms with Crippen LogP contribution in [0.1, 0.15) is 30.7 Å². The first-order valence-electron chi connectivity index (χ1n) is 7.08. The van der Waals surface area contributed by atoms with Crippen LogP contribution in [0.3, 0.4) is 0 Å². The van der Waals surface area contributed by atoms with E-state index in [9.17, 15) is 0 Å². The molecule has 0 aliphatic heterocycles. The Morgan fingerprint density at radius 3 is 2.81 bits per heavy atom. The summed E-state index contributed by atoms with van der Waals surface area (Å²) in [6.07, 6.45) is 2.05. The molecule has 1 aromatic carbocycles. The number of nitriles is 1. The van der Waals surface area contributed by atoms with Gasteiger partial charge in [-0.3, -0.25) is 0 Å². The molecule has 0 atom stereocenters. The van der Waals surface area contributed by atoms with Crippen molar-refractivity contribution in [3.63, 3.8) is 0 Å². The summed E-state index contributed by atoms with van der Waals surface area (Å²) >= 11 is 0. The Morgan fingerprint density at radius 2 is 2.14 bits per heavy atom. The van der Waals surface area contributed by atoms with Gasteiger partial charge in [-0.2, -0.15) is 5.26 Å². The first-order valence-corrected chi connectivity index (χ1v) is 7.08. The Morgan fingerprint density at radius 1 is 1.33 bits per heavy atom. The van der Waals surface area contributed by atoms with Crippen LogP contribution in [0.2, 0.25) is 0 Å². The van der Waals surface area contributed by atoms with Crippen LogP contribution in [-0.2, 0) is 13.1 Å². The van der Waals surface area contributed by atoms with Crippen molar-refractivity contribution in [2.24, 2.45) is 0 Å². The largest absolute Gasteiger partial charge is 0.496 e.